The van der Waals surface area contributed by atoms with E-state index in [2.05, 4.69) is 21.2 Å². The molecule has 0 aliphatic heterocycles. The third-order valence-electron chi connectivity index (χ3n) is 2.44. The highest BCUT2D eigenvalue weighted by molar-refractivity contribution is 9.10. The lowest BCUT2D eigenvalue weighted by molar-refractivity contribution is -0.115. The number of nitrogens with one attached hydrogen (secondary N) is 1. The molecular formula is C15H14BrNO2. The molecule has 0 radical (unpaired) electrons. The minimum absolute atomic E-state index is 0.0862. The summed E-state index contributed by atoms with van der Waals surface area (Å²) in [6, 6.07) is 16.8. The van der Waals surface area contributed by atoms with E-state index in [9.17, 15) is 4.79 Å². The first kappa shape index (κ1) is 13.6. The van der Waals surface area contributed by atoms with Crippen LogP contribution in [-0.2, 0) is 4.79 Å². The smallest absolute Gasteiger partial charge is 0.237 e. The lowest BCUT2D eigenvalue weighted by Crippen LogP contribution is -2.19. The van der Waals surface area contributed by atoms with Crippen LogP contribution in [0.4, 0.5) is 5.69 Å². The van der Waals surface area contributed by atoms with Crippen molar-refractivity contribution in [1.29, 1.82) is 0 Å². The number of alkyl halides is 1. The zero-order valence-electron chi connectivity index (χ0n) is 10.5. The maximum absolute atomic E-state index is 11.6. The molecule has 4 heteroatoms. The quantitative estimate of drug-likeness (QED) is 0.858. The fourth-order valence-corrected chi connectivity index (χ4v) is 1.62. The summed E-state index contributed by atoms with van der Waals surface area (Å²) >= 11 is 3.23. The number of halogens is 1. The number of benzene rings is 2. The van der Waals surface area contributed by atoms with Gasteiger partial charge in [-0.1, -0.05) is 40.2 Å². The van der Waals surface area contributed by atoms with Gasteiger partial charge in [0, 0.05) is 11.8 Å². The second-order valence-corrected chi connectivity index (χ2v) is 5.42. The molecule has 1 amide bonds. The molecule has 0 aliphatic rings. The summed E-state index contributed by atoms with van der Waals surface area (Å²) in [4.78, 5) is 11.4. The molecule has 0 aromatic heterocycles. The van der Waals surface area contributed by atoms with E-state index in [0.717, 1.165) is 5.75 Å². The van der Waals surface area contributed by atoms with E-state index in [4.69, 9.17) is 4.74 Å². The molecule has 0 heterocycles. The van der Waals surface area contributed by atoms with Gasteiger partial charge in [-0.25, -0.2) is 0 Å². The highest BCUT2D eigenvalue weighted by Gasteiger charge is 2.09. The molecule has 19 heavy (non-hydrogen) atoms. The molecule has 0 bridgehead atoms. The summed E-state index contributed by atoms with van der Waals surface area (Å²) in [5.74, 6) is 1.36. The molecule has 0 aliphatic carbocycles. The van der Waals surface area contributed by atoms with E-state index >= 15 is 0 Å². The molecule has 1 unspecified atom stereocenters. The van der Waals surface area contributed by atoms with E-state index in [1.165, 1.54) is 0 Å². The number of amides is 1. The molecule has 1 N–H and O–H groups in total. The van der Waals surface area contributed by atoms with Gasteiger partial charge in [0.25, 0.3) is 0 Å². The SMILES string of the molecule is CC(Br)C(=O)Nc1cccc(Oc2ccccc2)c1. The Morgan fingerprint density at radius 2 is 1.79 bits per heavy atom. The van der Waals surface area contributed by atoms with E-state index in [1.54, 1.807) is 13.0 Å². The number of rotatable bonds is 4. The number of hydrogen-bond acceptors (Lipinski definition) is 2. The fourth-order valence-electron chi connectivity index (χ4n) is 1.50. The zero-order valence-corrected chi connectivity index (χ0v) is 12.1. The Labute approximate surface area is 120 Å². The van der Waals surface area contributed by atoms with Gasteiger partial charge in [0.15, 0.2) is 0 Å². The van der Waals surface area contributed by atoms with Gasteiger partial charge in [-0.2, -0.15) is 0 Å². The average molecular weight is 320 g/mol. The predicted octanol–water partition coefficient (Wildman–Crippen LogP) is 4.20. The monoisotopic (exact) mass is 319 g/mol. The van der Waals surface area contributed by atoms with Gasteiger partial charge in [-0.15, -0.1) is 0 Å². The molecule has 2 aromatic rings. The molecule has 0 fully saturated rings. The van der Waals surface area contributed by atoms with Crippen LogP contribution in [0, 0.1) is 0 Å². The first-order chi connectivity index (χ1) is 9.15. The van der Waals surface area contributed by atoms with Gasteiger partial charge in [-0.05, 0) is 31.2 Å². The Morgan fingerprint density at radius 3 is 2.47 bits per heavy atom. The van der Waals surface area contributed by atoms with Crippen molar-refractivity contribution in [3.8, 4) is 11.5 Å². The Kier molecular flexibility index (Phi) is 4.58. The largest absolute Gasteiger partial charge is 0.457 e. The van der Waals surface area contributed by atoms with E-state index in [1.807, 2.05) is 48.5 Å². The third kappa shape index (κ3) is 4.10. The number of carbonyl (C=O) groups excluding carboxylic acids is 1. The van der Waals surface area contributed by atoms with Crippen LogP contribution in [0.2, 0.25) is 0 Å². The summed E-state index contributed by atoms with van der Waals surface area (Å²) in [6.45, 7) is 1.78. The van der Waals surface area contributed by atoms with Crippen molar-refractivity contribution >= 4 is 27.5 Å². The topological polar surface area (TPSA) is 38.3 Å². The molecule has 0 spiro atoms. The van der Waals surface area contributed by atoms with Crippen LogP contribution in [0.5, 0.6) is 11.5 Å². The maximum Gasteiger partial charge on any atom is 0.237 e. The minimum Gasteiger partial charge on any atom is -0.457 e. The molecule has 0 saturated heterocycles. The van der Waals surface area contributed by atoms with E-state index < -0.39 is 0 Å². The number of anilines is 1. The highest BCUT2D eigenvalue weighted by atomic mass is 79.9. The van der Waals surface area contributed by atoms with Crippen LogP contribution in [0.1, 0.15) is 6.92 Å². The molecule has 98 valence electrons. The fraction of sp³-hybridized carbons (Fsp3) is 0.133. The summed E-state index contributed by atoms with van der Waals surface area (Å²) in [6.07, 6.45) is 0. The predicted molar refractivity (Wildman–Crippen MR) is 80.0 cm³/mol. The summed E-state index contributed by atoms with van der Waals surface area (Å²) < 4.78 is 5.70. The highest BCUT2D eigenvalue weighted by Crippen LogP contribution is 2.24. The summed E-state index contributed by atoms with van der Waals surface area (Å²) in [5, 5.41) is 2.80. The molecule has 1 atom stereocenters. The summed E-state index contributed by atoms with van der Waals surface area (Å²) in [5.41, 5.74) is 0.713. The van der Waals surface area contributed by atoms with Crippen molar-refractivity contribution < 1.29 is 9.53 Å². The number of ether oxygens (including phenoxy) is 1. The molecular weight excluding hydrogens is 306 g/mol. The maximum atomic E-state index is 11.6. The van der Waals surface area contributed by atoms with Crippen LogP contribution < -0.4 is 10.1 Å². The van der Waals surface area contributed by atoms with Crippen molar-refractivity contribution in [2.75, 3.05) is 5.32 Å². The molecule has 3 nitrogen and oxygen atoms in total. The number of carbonyl (C=O) groups is 1. The van der Waals surface area contributed by atoms with Gasteiger partial charge in [0.05, 0.1) is 4.83 Å². The van der Waals surface area contributed by atoms with Crippen molar-refractivity contribution in [3.05, 3.63) is 54.6 Å². The van der Waals surface area contributed by atoms with Crippen molar-refractivity contribution in [1.82, 2.24) is 0 Å². The van der Waals surface area contributed by atoms with Crippen LogP contribution in [0.15, 0.2) is 54.6 Å². The first-order valence-corrected chi connectivity index (χ1v) is 6.84. The van der Waals surface area contributed by atoms with Crippen molar-refractivity contribution in [3.63, 3.8) is 0 Å². The van der Waals surface area contributed by atoms with Crippen LogP contribution in [0.3, 0.4) is 0 Å². The zero-order chi connectivity index (χ0) is 13.7. The first-order valence-electron chi connectivity index (χ1n) is 5.93. The lowest BCUT2D eigenvalue weighted by Gasteiger charge is -2.09. The Morgan fingerprint density at radius 1 is 1.11 bits per heavy atom. The second-order valence-electron chi connectivity index (χ2n) is 4.05. The third-order valence-corrected chi connectivity index (χ3v) is 2.86. The van der Waals surface area contributed by atoms with Gasteiger partial charge >= 0.3 is 0 Å². The Bertz CT molecular complexity index is 555. The van der Waals surface area contributed by atoms with Gasteiger partial charge in [0.1, 0.15) is 11.5 Å². The second kappa shape index (κ2) is 6.38. The van der Waals surface area contributed by atoms with E-state index in [-0.39, 0.29) is 10.7 Å². The van der Waals surface area contributed by atoms with Crippen molar-refractivity contribution in [2.24, 2.45) is 0 Å². The average Bonchev–Trinajstić information content (AvgIpc) is 2.40. The van der Waals surface area contributed by atoms with Crippen molar-refractivity contribution in [2.45, 2.75) is 11.8 Å². The van der Waals surface area contributed by atoms with E-state index in [0.29, 0.717) is 11.4 Å². The standard InChI is InChI=1S/C15H14BrNO2/c1-11(16)15(18)17-12-6-5-9-14(10-12)19-13-7-3-2-4-8-13/h2-11H,1H3,(H,17,18). The number of hydrogen-bond donors (Lipinski definition) is 1. The lowest BCUT2D eigenvalue weighted by atomic mass is 10.3. The van der Waals surface area contributed by atoms with Gasteiger partial charge in [-0.3, -0.25) is 4.79 Å². The van der Waals surface area contributed by atoms with Crippen LogP contribution >= 0.6 is 15.9 Å². The molecule has 2 rings (SSSR count). The molecule has 2 aromatic carbocycles. The van der Waals surface area contributed by atoms with Gasteiger partial charge < -0.3 is 10.1 Å². The minimum atomic E-state index is -0.230. The number of para-hydroxylation sites is 1. The van der Waals surface area contributed by atoms with Crippen LogP contribution in [0.25, 0.3) is 0 Å². The molecule has 0 saturated carbocycles. The Balaban J connectivity index is 2.09. The van der Waals surface area contributed by atoms with Crippen LogP contribution in [-0.4, -0.2) is 10.7 Å². The normalized spacial score (nSPS) is 11.7. The summed E-state index contributed by atoms with van der Waals surface area (Å²) in [7, 11) is 0. The Hall–Kier alpha value is -1.81. The van der Waals surface area contributed by atoms with Gasteiger partial charge in [0.2, 0.25) is 5.91 Å².